The number of rotatable bonds is 7. The number of aromatic amines is 1. The van der Waals surface area contributed by atoms with Crippen LogP contribution in [0.4, 0.5) is 0 Å². The molecule has 8 heteroatoms. The Bertz CT molecular complexity index is 1890. The van der Waals surface area contributed by atoms with E-state index in [9.17, 15) is 8.42 Å². The van der Waals surface area contributed by atoms with Crippen molar-refractivity contribution in [1.82, 2.24) is 15.0 Å². The SMILES string of the molecule is O=S(=O)(c1ccc(OCc2ccccc2)c2ncccc12)c1cccc2[nH]c(Cc3ccccc3Cl)nc12. The minimum absolute atomic E-state index is 0.125. The molecule has 38 heavy (non-hydrogen) atoms. The van der Waals surface area contributed by atoms with Crippen LogP contribution in [0.2, 0.25) is 5.02 Å². The van der Waals surface area contributed by atoms with Gasteiger partial charge >= 0.3 is 0 Å². The Kier molecular flexibility index (Phi) is 6.31. The first kappa shape index (κ1) is 24.2. The molecule has 0 unspecified atom stereocenters. The van der Waals surface area contributed by atoms with Crippen molar-refractivity contribution in [2.45, 2.75) is 22.8 Å². The molecule has 0 saturated carbocycles. The van der Waals surface area contributed by atoms with E-state index in [1.165, 1.54) is 0 Å². The Labute approximate surface area is 224 Å². The summed E-state index contributed by atoms with van der Waals surface area (Å²) in [4.78, 5) is 12.6. The molecule has 6 aromatic rings. The first-order valence-corrected chi connectivity index (χ1v) is 13.9. The molecule has 1 N–H and O–H groups in total. The average Bonchev–Trinajstić information content (AvgIpc) is 3.36. The third kappa shape index (κ3) is 4.51. The number of fused-ring (bicyclic) bond motifs is 2. The number of H-pyrrole nitrogens is 1. The first-order valence-electron chi connectivity index (χ1n) is 12.0. The van der Waals surface area contributed by atoms with Crippen LogP contribution < -0.4 is 4.74 Å². The molecule has 6 rings (SSSR count). The Morgan fingerprint density at radius 2 is 1.61 bits per heavy atom. The number of hydrogen-bond acceptors (Lipinski definition) is 5. The minimum Gasteiger partial charge on any atom is -0.487 e. The number of imidazole rings is 1. The molecule has 2 heterocycles. The van der Waals surface area contributed by atoms with Gasteiger partial charge in [0.1, 0.15) is 29.2 Å². The first-order chi connectivity index (χ1) is 18.5. The fourth-order valence-corrected chi connectivity index (χ4v) is 6.31. The van der Waals surface area contributed by atoms with Crippen LogP contribution in [-0.2, 0) is 22.9 Å². The summed E-state index contributed by atoms with van der Waals surface area (Å²) in [6.07, 6.45) is 2.08. The molecule has 0 atom stereocenters. The molecular formula is C30H22ClN3O3S. The fourth-order valence-electron chi connectivity index (χ4n) is 4.50. The molecule has 0 aliphatic carbocycles. The van der Waals surface area contributed by atoms with E-state index in [1.807, 2.05) is 60.7 Å². The maximum atomic E-state index is 14.0. The van der Waals surface area contributed by atoms with Crippen molar-refractivity contribution in [3.63, 3.8) is 0 Å². The summed E-state index contributed by atoms with van der Waals surface area (Å²) in [5, 5.41) is 1.12. The number of halogens is 1. The normalized spacial score (nSPS) is 11.7. The maximum absolute atomic E-state index is 14.0. The van der Waals surface area contributed by atoms with E-state index in [-0.39, 0.29) is 9.79 Å². The van der Waals surface area contributed by atoms with Crippen LogP contribution in [-0.4, -0.2) is 23.4 Å². The molecule has 0 spiro atoms. The lowest BCUT2D eigenvalue weighted by Crippen LogP contribution is -2.05. The van der Waals surface area contributed by atoms with Gasteiger partial charge in [-0.1, -0.05) is 66.2 Å². The lowest BCUT2D eigenvalue weighted by molar-refractivity contribution is 0.309. The number of pyridine rings is 1. The van der Waals surface area contributed by atoms with E-state index < -0.39 is 9.84 Å². The van der Waals surface area contributed by atoms with E-state index in [2.05, 4.69) is 15.0 Å². The van der Waals surface area contributed by atoms with Gasteiger partial charge in [0.2, 0.25) is 9.84 Å². The van der Waals surface area contributed by atoms with Crippen molar-refractivity contribution < 1.29 is 13.2 Å². The molecule has 4 aromatic carbocycles. The fraction of sp³-hybridized carbons (Fsp3) is 0.0667. The molecule has 6 nitrogen and oxygen atoms in total. The average molecular weight is 540 g/mol. The molecule has 0 amide bonds. The molecule has 0 aliphatic rings. The van der Waals surface area contributed by atoms with Crippen LogP contribution in [0.15, 0.2) is 113 Å². The predicted octanol–water partition coefficient (Wildman–Crippen LogP) is 6.77. The van der Waals surface area contributed by atoms with E-state index in [4.69, 9.17) is 16.3 Å². The molecule has 0 aliphatic heterocycles. The second-order valence-electron chi connectivity index (χ2n) is 8.84. The van der Waals surface area contributed by atoms with Crippen molar-refractivity contribution in [3.8, 4) is 5.75 Å². The highest BCUT2D eigenvalue weighted by atomic mass is 35.5. The van der Waals surface area contributed by atoms with Crippen molar-refractivity contribution >= 4 is 43.4 Å². The van der Waals surface area contributed by atoms with Crippen LogP contribution in [0.1, 0.15) is 17.0 Å². The molecule has 0 saturated heterocycles. The smallest absolute Gasteiger partial charge is 0.209 e. The second-order valence-corrected chi connectivity index (χ2v) is 11.1. The summed E-state index contributed by atoms with van der Waals surface area (Å²) in [6, 6.07) is 29.1. The summed E-state index contributed by atoms with van der Waals surface area (Å²) < 4.78 is 34.1. The van der Waals surface area contributed by atoms with Gasteiger partial charge in [0, 0.05) is 23.0 Å². The van der Waals surface area contributed by atoms with E-state index in [1.54, 1.807) is 42.6 Å². The van der Waals surface area contributed by atoms with Crippen LogP contribution in [0.3, 0.4) is 0 Å². The molecule has 188 valence electrons. The van der Waals surface area contributed by atoms with Gasteiger partial charge in [0.15, 0.2) is 0 Å². The Balaban J connectivity index is 1.40. The van der Waals surface area contributed by atoms with E-state index in [0.717, 1.165) is 11.1 Å². The molecule has 0 bridgehead atoms. The summed E-state index contributed by atoms with van der Waals surface area (Å²) in [5.74, 6) is 1.15. The van der Waals surface area contributed by atoms with E-state index in [0.29, 0.717) is 51.6 Å². The van der Waals surface area contributed by atoms with Gasteiger partial charge in [-0.2, -0.15) is 0 Å². The zero-order valence-electron chi connectivity index (χ0n) is 20.1. The van der Waals surface area contributed by atoms with Crippen LogP contribution >= 0.6 is 11.6 Å². The highest BCUT2D eigenvalue weighted by molar-refractivity contribution is 7.92. The summed E-state index contributed by atoms with van der Waals surface area (Å²) >= 11 is 6.33. The highest BCUT2D eigenvalue weighted by Crippen LogP contribution is 2.35. The number of ether oxygens (including phenoxy) is 1. The number of aromatic nitrogens is 3. The van der Waals surface area contributed by atoms with Gasteiger partial charge in [-0.3, -0.25) is 4.98 Å². The van der Waals surface area contributed by atoms with Crippen LogP contribution in [0, 0.1) is 0 Å². The van der Waals surface area contributed by atoms with Crippen molar-refractivity contribution in [2.24, 2.45) is 0 Å². The Morgan fingerprint density at radius 3 is 2.45 bits per heavy atom. The number of para-hydroxylation sites is 1. The number of nitrogens with one attached hydrogen (secondary N) is 1. The molecule has 0 radical (unpaired) electrons. The molecular weight excluding hydrogens is 518 g/mol. The Hall–Kier alpha value is -4.20. The quantitative estimate of drug-likeness (QED) is 0.242. The maximum Gasteiger partial charge on any atom is 0.209 e. The van der Waals surface area contributed by atoms with Crippen molar-refractivity contribution in [3.05, 3.63) is 125 Å². The largest absolute Gasteiger partial charge is 0.487 e. The number of hydrogen-bond donors (Lipinski definition) is 1. The molecule has 0 fully saturated rings. The lowest BCUT2D eigenvalue weighted by Gasteiger charge is -2.13. The number of nitrogens with zero attached hydrogens (tertiary/aromatic N) is 2. The predicted molar refractivity (Wildman–Crippen MR) is 148 cm³/mol. The third-order valence-corrected chi connectivity index (χ3v) is 8.56. The standard InChI is InChI=1S/C30H22ClN3O3S/c31-23-12-5-4-10-21(23)18-28-33-24-13-6-14-27(30(24)34-28)38(35,36)26-16-15-25(29-22(26)11-7-17-32-29)37-19-20-8-2-1-3-9-20/h1-17H,18-19H2,(H,33,34). The van der Waals surface area contributed by atoms with Gasteiger partial charge < -0.3 is 9.72 Å². The Morgan fingerprint density at radius 1 is 0.789 bits per heavy atom. The zero-order valence-corrected chi connectivity index (χ0v) is 21.7. The minimum atomic E-state index is -3.95. The number of benzene rings is 4. The topological polar surface area (TPSA) is 84.9 Å². The summed E-state index contributed by atoms with van der Waals surface area (Å²) in [6.45, 7) is 0.347. The van der Waals surface area contributed by atoms with Crippen molar-refractivity contribution in [2.75, 3.05) is 0 Å². The van der Waals surface area contributed by atoms with Crippen LogP contribution in [0.25, 0.3) is 21.9 Å². The van der Waals surface area contributed by atoms with Gasteiger partial charge in [-0.05, 0) is 53.6 Å². The lowest BCUT2D eigenvalue weighted by atomic mass is 10.1. The molecule has 2 aromatic heterocycles. The van der Waals surface area contributed by atoms with Crippen molar-refractivity contribution in [1.29, 1.82) is 0 Å². The van der Waals surface area contributed by atoms with Gasteiger partial charge in [0.25, 0.3) is 0 Å². The van der Waals surface area contributed by atoms with Gasteiger partial charge in [0.05, 0.1) is 15.3 Å². The third-order valence-electron chi connectivity index (χ3n) is 6.35. The van der Waals surface area contributed by atoms with Gasteiger partial charge in [-0.25, -0.2) is 13.4 Å². The zero-order chi connectivity index (χ0) is 26.1. The summed E-state index contributed by atoms with van der Waals surface area (Å²) in [5.41, 5.74) is 3.42. The number of sulfone groups is 1. The monoisotopic (exact) mass is 539 g/mol. The van der Waals surface area contributed by atoms with Crippen LogP contribution in [0.5, 0.6) is 5.75 Å². The van der Waals surface area contributed by atoms with E-state index >= 15 is 0 Å². The summed E-state index contributed by atoms with van der Waals surface area (Å²) in [7, 11) is -3.95. The van der Waals surface area contributed by atoms with Gasteiger partial charge in [-0.15, -0.1) is 0 Å². The second kappa shape index (κ2) is 9.93. The highest BCUT2D eigenvalue weighted by Gasteiger charge is 2.26.